The number of anilines is 1. The monoisotopic (exact) mass is 217 g/mol. The number of methoxy groups -OCH3 is 1. The minimum Gasteiger partial charge on any atom is -0.380 e. The Morgan fingerprint density at radius 1 is 1.43 bits per heavy atom. The zero-order chi connectivity index (χ0) is 10.6. The highest BCUT2D eigenvalue weighted by atomic mass is 32.2. The summed E-state index contributed by atoms with van der Waals surface area (Å²) in [7, 11) is -1.75. The van der Waals surface area contributed by atoms with Crippen molar-refractivity contribution in [1.82, 2.24) is 9.97 Å². The molecule has 14 heavy (non-hydrogen) atoms. The number of nitrogens with zero attached hydrogens (tertiary/aromatic N) is 2. The Kier molecular flexibility index (Phi) is 3.37. The molecule has 0 atom stereocenters. The Balaban J connectivity index is 2.74. The van der Waals surface area contributed by atoms with E-state index in [9.17, 15) is 8.42 Å². The van der Waals surface area contributed by atoms with Crippen molar-refractivity contribution in [1.29, 1.82) is 0 Å². The summed E-state index contributed by atoms with van der Waals surface area (Å²) < 4.78 is 28.6. The summed E-state index contributed by atoms with van der Waals surface area (Å²) in [6, 6.07) is 0. The van der Waals surface area contributed by atoms with E-state index >= 15 is 0 Å². The Hall–Kier alpha value is -1.21. The fraction of sp³-hybridized carbons (Fsp3) is 0.429. The molecule has 1 aromatic heterocycles. The Bertz CT molecular complexity index is 387. The lowest BCUT2D eigenvalue weighted by atomic mass is 10.4. The van der Waals surface area contributed by atoms with Crippen molar-refractivity contribution in [2.75, 3.05) is 18.1 Å². The molecule has 1 rings (SSSR count). The number of rotatable bonds is 4. The van der Waals surface area contributed by atoms with Crippen LogP contribution in [0.25, 0.3) is 0 Å². The van der Waals surface area contributed by atoms with Crippen LogP contribution in [-0.4, -0.2) is 31.8 Å². The van der Waals surface area contributed by atoms with E-state index in [1.807, 2.05) is 0 Å². The molecule has 0 fully saturated rings. The molecule has 0 aromatic carbocycles. The van der Waals surface area contributed by atoms with Crippen LogP contribution in [0.15, 0.2) is 12.4 Å². The summed E-state index contributed by atoms with van der Waals surface area (Å²) in [5, 5.41) is 0. The lowest BCUT2D eigenvalue weighted by Gasteiger charge is -2.02. The van der Waals surface area contributed by atoms with Gasteiger partial charge in [0.1, 0.15) is 0 Å². The van der Waals surface area contributed by atoms with Crippen LogP contribution in [0, 0.1) is 0 Å². The predicted molar refractivity (Wildman–Crippen MR) is 51.2 cm³/mol. The molecule has 1 N–H and O–H groups in total. The third-order valence-electron chi connectivity index (χ3n) is 1.29. The molecule has 0 amide bonds. The number of hydrogen-bond donors (Lipinski definition) is 1. The third-order valence-corrected chi connectivity index (χ3v) is 1.85. The van der Waals surface area contributed by atoms with Crippen LogP contribution < -0.4 is 4.72 Å². The smallest absolute Gasteiger partial charge is 0.236 e. The van der Waals surface area contributed by atoms with Crippen LogP contribution in [0.5, 0.6) is 0 Å². The second-order valence-corrected chi connectivity index (χ2v) is 4.47. The molecule has 1 aromatic rings. The SMILES string of the molecule is COCc1cnc(NS(C)(=O)=O)nc1. The van der Waals surface area contributed by atoms with E-state index < -0.39 is 10.0 Å². The molecule has 0 aliphatic heterocycles. The van der Waals surface area contributed by atoms with Crippen LogP contribution in [0.2, 0.25) is 0 Å². The van der Waals surface area contributed by atoms with Gasteiger partial charge in [0, 0.05) is 25.1 Å². The fourth-order valence-corrected chi connectivity index (χ4v) is 1.25. The molecular weight excluding hydrogens is 206 g/mol. The van der Waals surface area contributed by atoms with Gasteiger partial charge in [-0.25, -0.2) is 18.4 Å². The summed E-state index contributed by atoms with van der Waals surface area (Å²) in [6.07, 6.45) is 4.05. The summed E-state index contributed by atoms with van der Waals surface area (Å²) in [5.74, 6) is 0.0624. The predicted octanol–water partition coefficient (Wildman–Crippen LogP) is -0.00550. The molecule has 0 saturated heterocycles. The maximum atomic E-state index is 10.8. The van der Waals surface area contributed by atoms with Gasteiger partial charge >= 0.3 is 0 Å². The maximum Gasteiger partial charge on any atom is 0.236 e. The maximum absolute atomic E-state index is 10.8. The van der Waals surface area contributed by atoms with Crippen molar-refractivity contribution in [3.63, 3.8) is 0 Å². The van der Waals surface area contributed by atoms with Gasteiger partial charge in [-0.05, 0) is 0 Å². The van der Waals surface area contributed by atoms with Crippen LogP contribution in [0.3, 0.4) is 0 Å². The minimum atomic E-state index is -3.31. The average molecular weight is 217 g/mol. The Labute approximate surface area is 82.4 Å². The van der Waals surface area contributed by atoms with Crippen molar-refractivity contribution in [3.05, 3.63) is 18.0 Å². The van der Waals surface area contributed by atoms with E-state index in [1.165, 1.54) is 12.4 Å². The van der Waals surface area contributed by atoms with E-state index in [4.69, 9.17) is 4.74 Å². The van der Waals surface area contributed by atoms with Gasteiger partial charge in [0.15, 0.2) is 0 Å². The van der Waals surface area contributed by atoms with Gasteiger partial charge in [-0.3, -0.25) is 4.72 Å². The summed E-state index contributed by atoms with van der Waals surface area (Å²) in [5.41, 5.74) is 0.784. The van der Waals surface area contributed by atoms with E-state index in [0.29, 0.717) is 6.61 Å². The highest BCUT2D eigenvalue weighted by Gasteiger charge is 2.03. The summed E-state index contributed by atoms with van der Waals surface area (Å²) in [6.45, 7) is 0.402. The lowest BCUT2D eigenvalue weighted by Crippen LogP contribution is -2.12. The molecule has 0 radical (unpaired) electrons. The molecule has 7 heteroatoms. The van der Waals surface area contributed by atoms with Crippen molar-refractivity contribution in [2.24, 2.45) is 0 Å². The molecule has 6 nitrogen and oxygen atoms in total. The van der Waals surface area contributed by atoms with Gasteiger partial charge in [-0.2, -0.15) is 0 Å². The van der Waals surface area contributed by atoms with Gasteiger partial charge in [0.25, 0.3) is 0 Å². The van der Waals surface area contributed by atoms with Gasteiger partial charge < -0.3 is 4.74 Å². The first kappa shape index (κ1) is 10.9. The van der Waals surface area contributed by atoms with Crippen molar-refractivity contribution in [3.8, 4) is 0 Å². The van der Waals surface area contributed by atoms with E-state index in [0.717, 1.165) is 11.8 Å². The van der Waals surface area contributed by atoms with Crippen LogP contribution in [-0.2, 0) is 21.4 Å². The Morgan fingerprint density at radius 3 is 2.43 bits per heavy atom. The fourth-order valence-electron chi connectivity index (χ4n) is 0.815. The van der Waals surface area contributed by atoms with Gasteiger partial charge in [-0.15, -0.1) is 0 Å². The molecule has 0 saturated carbocycles. The molecule has 0 spiro atoms. The first-order chi connectivity index (χ1) is 6.51. The third kappa shape index (κ3) is 3.67. The number of aromatic nitrogens is 2. The zero-order valence-electron chi connectivity index (χ0n) is 7.89. The zero-order valence-corrected chi connectivity index (χ0v) is 8.71. The average Bonchev–Trinajstić information content (AvgIpc) is 2.06. The second-order valence-electron chi connectivity index (χ2n) is 2.72. The van der Waals surface area contributed by atoms with Crippen molar-refractivity contribution in [2.45, 2.75) is 6.61 Å². The molecule has 0 aliphatic carbocycles. The summed E-state index contributed by atoms with van der Waals surface area (Å²) >= 11 is 0. The molecule has 1 heterocycles. The molecular formula is C7H11N3O3S. The molecule has 0 unspecified atom stereocenters. The van der Waals surface area contributed by atoms with E-state index in [1.54, 1.807) is 7.11 Å². The van der Waals surface area contributed by atoms with Crippen molar-refractivity contribution < 1.29 is 13.2 Å². The highest BCUT2D eigenvalue weighted by molar-refractivity contribution is 7.91. The van der Waals surface area contributed by atoms with Gasteiger partial charge in [0.2, 0.25) is 16.0 Å². The second kappa shape index (κ2) is 4.34. The molecule has 78 valence electrons. The highest BCUT2D eigenvalue weighted by Crippen LogP contribution is 2.02. The summed E-state index contributed by atoms with van der Waals surface area (Å²) in [4.78, 5) is 7.60. The van der Waals surface area contributed by atoms with E-state index in [2.05, 4.69) is 14.7 Å². The largest absolute Gasteiger partial charge is 0.380 e. The quantitative estimate of drug-likeness (QED) is 0.767. The van der Waals surface area contributed by atoms with E-state index in [-0.39, 0.29) is 5.95 Å². The molecule has 0 aliphatic rings. The lowest BCUT2D eigenvalue weighted by molar-refractivity contribution is 0.184. The van der Waals surface area contributed by atoms with Gasteiger partial charge in [0.05, 0.1) is 12.9 Å². The van der Waals surface area contributed by atoms with Crippen LogP contribution in [0.4, 0.5) is 5.95 Å². The van der Waals surface area contributed by atoms with Crippen LogP contribution >= 0.6 is 0 Å². The number of nitrogens with one attached hydrogen (secondary N) is 1. The number of ether oxygens (including phenoxy) is 1. The normalized spacial score (nSPS) is 11.3. The first-order valence-electron chi connectivity index (χ1n) is 3.79. The first-order valence-corrected chi connectivity index (χ1v) is 5.68. The Morgan fingerprint density at radius 2 is 2.00 bits per heavy atom. The van der Waals surface area contributed by atoms with Crippen molar-refractivity contribution >= 4 is 16.0 Å². The number of sulfonamides is 1. The minimum absolute atomic E-state index is 0.0624. The number of hydrogen-bond acceptors (Lipinski definition) is 5. The topological polar surface area (TPSA) is 81.2 Å². The van der Waals surface area contributed by atoms with Gasteiger partial charge in [-0.1, -0.05) is 0 Å². The van der Waals surface area contributed by atoms with Crippen LogP contribution in [0.1, 0.15) is 5.56 Å². The molecule has 0 bridgehead atoms. The standard InChI is InChI=1S/C7H11N3O3S/c1-13-5-6-3-8-7(9-4-6)10-14(2,11)12/h3-4H,5H2,1-2H3,(H,8,9,10).